The molecule has 0 heterocycles. The average molecular weight is 290 g/mol. The fraction of sp³-hybridized carbons (Fsp3) is 0.500. The third-order valence-corrected chi connectivity index (χ3v) is 5.17. The minimum Gasteiger partial charge on any atom is -0.497 e. The summed E-state index contributed by atoms with van der Waals surface area (Å²) in [6, 6.07) is 6.94. The summed E-state index contributed by atoms with van der Waals surface area (Å²) in [6.45, 7) is 5.90. The molecular formula is C12H20F2O2Si2. The topological polar surface area (TPSA) is 18.5 Å². The fourth-order valence-corrected chi connectivity index (χ4v) is 5.31. The molecule has 1 aromatic rings. The van der Waals surface area contributed by atoms with Gasteiger partial charge in [-0.1, -0.05) is 12.1 Å². The first-order valence-corrected chi connectivity index (χ1v) is 11.6. The van der Waals surface area contributed by atoms with Gasteiger partial charge in [-0.05, 0) is 43.9 Å². The van der Waals surface area contributed by atoms with Gasteiger partial charge in [0, 0.05) is 0 Å². The quantitative estimate of drug-likeness (QED) is 0.599. The van der Waals surface area contributed by atoms with E-state index >= 15 is 0 Å². The summed E-state index contributed by atoms with van der Waals surface area (Å²) in [4.78, 5) is 0. The molecule has 0 spiro atoms. The summed E-state index contributed by atoms with van der Waals surface area (Å²) in [7, 11) is -4.84. The summed E-state index contributed by atoms with van der Waals surface area (Å²) in [6.07, 6.45) is 0. The van der Waals surface area contributed by atoms with Gasteiger partial charge in [0.2, 0.25) is 0 Å². The number of ether oxygens (including phenoxy) is 1. The summed E-state index contributed by atoms with van der Waals surface area (Å²) >= 11 is 0. The molecule has 0 saturated heterocycles. The van der Waals surface area contributed by atoms with Gasteiger partial charge in [-0.25, -0.2) is 0 Å². The maximum atomic E-state index is 14.3. The van der Waals surface area contributed by atoms with E-state index in [1.807, 2.05) is 0 Å². The lowest BCUT2D eigenvalue weighted by Gasteiger charge is -2.29. The molecule has 0 aliphatic carbocycles. The van der Waals surface area contributed by atoms with Gasteiger partial charge >= 0.3 is 8.65 Å². The minimum atomic E-state index is -3.27. The lowest BCUT2D eigenvalue weighted by Crippen LogP contribution is -2.38. The Morgan fingerprint density at radius 2 is 1.50 bits per heavy atom. The molecule has 0 radical (unpaired) electrons. The van der Waals surface area contributed by atoms with Gasteiger partial charge in [-0.2, -0.15) is 0 Å². The standard InChI is InChI=1S/C12H20F2O2Si2/c1-15-11-8-6-10(7-9-11)12(17(2,3)13)16-18(4,5)14/h6-9,12H,1-5H3. The monoisotopic (exact) mass is 290 g/mol. The van der Waals surface area contributed by atoms with Crippen molar-refractivity contribution in [3.63, 3.8) is 0 Å². The van der Waals surface area contributed by atoms with Gasteiger partial charge in [0.25, 0.3) is 8.41 Å². The van der Waals surface area contributed by atoms with Crippen LogP contribution in [0.3, 0.4) is 0 Å². The highest BCUT2D eigenvalue weighted by molar-refractivity contribution is 6.73. The molecule has 0 aliphatic heterocycles. The molecule has 0 bridgehead atoms. The first-order chi connectivity index (χ1) is 8.13. The molecule has 0 N–H and O–H groups in total. The second-order valence-electron chi connectivity index (χ2n) is 5.20. The molecule has 0 amide bonds. The van der Waals surface area contributed by atoms with Crippen molar-refractivity contribution in [3.05, 3.63) is 29.8 Å². The predicted octanol–water partition coefficient (Wildman–Crippen LogP) is 4.14. The summed E-state index contributed by atoms with van der Waals surface area (Å²) in [5, 5.41) is 0. The van der Waals surface area contributed by atoms with Crippen LogP contribution in [0.15, 0.2) is 24.3 Å². The fourth-order valence-electron chi connectivity index (χ4n) is 1.66. The van der Waals surface area contributed by atoms with E-state index in [1.165, 1.54) is 26.2 Å². The van der Waals surface area contributed by atoms with Crippen molar-refractivity contribution in [2.24, 2.45) is 0 Å². The Morgan fingerprint density at radius 1 is 1.00 bits per heavy atom. The van der Waals surface area contributed by atoms with Gasteiger partial charge in [0.15, 0.2) is 0 Å². The van der Waals surface area contributed by atoms with Crippen molar-refractivity contribution < 1.29 is 17.4 Å². The smallest absolute Gasteiger partial charge is 0.377 e. The van der Waals surface area contributed by atoms with Crippen LogP contribution >= 0.6 is 0 Å². The van der Waals surface area contributed by atoms with Crippen LogP contribution in [0.5, 0.6) is 5.75 Å². The SMILES string of the molecule is COc1ccc(C(O[Si](C)(C)F)[Si](C)(C)F)cc1. The van der Waals surface area contributed by atoms with Crippen molar-refractivity contribution in [2.75, 3.05) is 7.11 Å². The maximum absolute atomic E-state index is 14.3. The van der Waals surface area contributed by atoms with Crippen molar-refractivity contribution in [3.8, 4) is 5.75 Å². The Labute approximate surface area is 109 Å². The summed E-state index contributed by atoms with van der Waals surface area (Å²) in [5.74, 6) is 0.688. The molecule has 18 heavy (non-hydrogen) atoms. The molecule has 6 heteroatoms. The first kappa shape index (κ1) is 15.3. The van der Waals surface area contributed by atoms with E-state index in [-0.39, 0.29) is 0 Å². The van der Waals surface area contributed by atoms with Crippen LogP contribution < -0.4 is 4.74 Å². The van der Waals surface area contributed by atoms with Crippen LogP contribution in [0, 0.1) is 0 Å². The van der Waals surface area contributed by atoms with E-state index in [9.17, 15) is 8.22 Å². The van der Waals surface area contributed by atoms with Crippen LogP contribution in [0.2, 0.25) is 26.2 Å². The second kappa shape index (κ2) is 5.50. The van der Waals surface area contributed by atoms with Crippen LogP contribution in [-0.2, 0) is 4.43 Å². The largest absolute Gasteiger partial charge is 0.497 e. The molecule has 1 atom stereocenters. The van der Waals surface area contributed by atoms with E-state index in [2.05, 4.69) is 0 Å². The lowest BCUT2D eigenvalue weighted by atomic mass is 10.2. The third kappa shape index (κ3) is 4.51. The predicted molar refractivity (Wildman–Crippen MR) is 74.0 cm³/mol. The lowest BCUT2D eigenvalue weighted by molar-refractivity contribution is 0.226. The van der Waals surface area contributed by atoms with Gasteiger partial charge < -0.3 is 13.3 Å². The number of methoxy groups -OCH3 is 1. The Morgan fingerprint density at radius 3 is 1.83 bits per heavy atom. The molecule has 0 fully saturated rings. The molecule has 102 valence electrons. The average Bonchev–Trinajstić information content (AvgIpc) is 2.24. The summed E-state index contributed by atoms with van der Waals surface area (Å²) < 4.78 is 38.5. The highest BCUT2D eigenvalue weighted by Crippen LogP contribution is 2.33. The maximum Gasteiger partial charge on any atom is 0.377 e. The van der Waals surface area contributed by atoms with Crippen LogP contribution in [-0.4, -0.2) is 24.2 Å². The minimum absolute atomic E-state index is 0.674. The van der Waals surface area contributed by atoms with Gasteiger partial charge in [0.05, 0.1) is 12.8 Å². The third-order valence-electron chi connectivity index (χ3n) is 2.44. The van der Waals surface area contributed by atoms with E-state index in [0.717, 1.165) is 0 Å². The van der Waals surface area contributed by atoms with Crippen molar-refractivity contribution >= 4 is 17.1 Å². The molecule has 1 unspecified atom stereocenters. The molecule has 1 rings (SSSR count). The van der Waals surface area contributed by atoms with Crippen molar-refractivity contribution in [1.29, 1.82) is 0 Å². The van der Waals surface area contributed by atoms with Crippen molar-refractivity contribution in [2.45, 2.75) is 31.9 Å². The molecule has 0 aliphatic rings. The van der Waals surface area contributed by atoms with E-state index in [1.54, 1.807) is 31.4 Å². The Balaban J connectivity index is 3.02. The Bertz CT molecular complexity index is 383. The Hall–Kier alpha value is -0.726. The number of hydrogen-bond donors (Lipinski definition) is 0. The Kier molecular flexibility index (Phi) is 4.68. The van der Waals surface area contributed by atoms with Crippen LogP contribution in [0.4, 0.5) is 8.22 Å². The van der Waals surface area contributed by atoms with Crippen LogP contribution in [0.1, 0.15) is 11.3 Å². The zero-order valence-electron chi connectivity index (χ0n) is 11.5. The van der Waals surface area contributed by atoms with Gasteiger partial charge in [-0.3, -0.25) is 4.11 Å². The van der Waals surface area contributed by atoms with E-state index < -0.39 is 22.8 Å². The van der Waals surface area contributed by atoms with E-state index in [4.69, 9.17) is 9.16 Å². The molecule has 1 aromatic carbocycles. The number of benzene rings is 1. The zero-order chi connectivity index (χ0) is 14.0. The van der Waals surface area contributed by atoms with E-state index in [0.29, 0.717) is 11.3 Å². The van der Waals surface area contributed by atoms with Crippen molar-refractivity contribution in [1.82, 2.24) is 0 Å². The van der Waals surface area contributed by atoms with Gasteiger partial charge in [0.1, 0.15) is 5.75 Å². The highest BCUT2D eigenvalue weighted by Gasteiger charge is 2.40. The van der Waals surface area contributed by atoms with Gasteiger partial charge in [-0.15, -0.1) is 0 Å². The molecule has 2 nitrogen and oxygen atoms in total. The second-order valence-corrected chi connectivity index (χ2v) is 11.8. The number of rotatable bonds is 5. The molecule has 0 aromatic heterocycles. The molecular weight excluding hydrogens is 270 g/mol. The van der Waals surface area contributed by atoms with Crippen LogP contribution in [0.25, 0.3) is 0 Å². The number of halogens is 2. The molecule has 0 saturated carbocycles. The normalized spacial score (nSPS) is 14.4. The number of hydrogen-bond acceptors (Lipinski definition) is 2. The summed E-state index contributed by atoms with van der Waals surface area (Å²) in [5.41, 5.74) is -0.0942. The zero-order valence-corrected chi connectivity index (χ0v) is 13.5. The first-order valence-electron chi connectivity index (χ1n) is 5.83. The highest BCUT2D eigenvalue weighted by atomic mass is 28.4.